The van der Waals surface area contributed by atoms with E-state index in [0.29, 0.717) is 5.56 Å². The van der Waals surface area contributed by atoms with Gasteiger partial charge in [-0.2, -0.15) is 0 Å². The Hall–Kier alpha value is -2.24. The van der Waals surface area contributed by atoms with E-state index in [1.54, 1.807) is 0 Å². The minimum Gasteiger partial charge on any atom is -0.492 e. The van der Waals surface area contributed by atoms with Crippen LogP contribution in [0.5, 0.6) is 0 Å². The molecular weight excluding hydrogens is 212 g/mol. The van der Waals surface area contributed by atoms with Crippen LogP contribution < -0.4 is 0 Å². The smallest absolute Gasteiger partial charge is 0.294 e. The minimum absolute atomic E-state index is 0.109. The normalized spacial score (nSPS) is 19.2. The molecule has 1 aliphatic heterocycles. The van der Waals surface area contributed by atoms with Gasteiger partial charge in [0.25, 0.3) is 5.69 Å². The van der Waals surface area contributed by atoms with E-state index in [0.717, 1.165) is 6.20 Å². The lowest BCUT2D eigenvalue weighted by molar-refractivity contribution is -0.386. The zero-order valence-corrected chi connectivity index (χ0v) is 8.20. The summed E-state index contributed by atoms with van der Waals surface area (Å²) in [5.74, 6) is -0.109. The number of nitrogens with zero attached hydrogens (tertiary/aromatic N) is 2. The zero-order valence-electron chi connectivity index (χ0n) is 8.20. The van der Waals surface area contributed by atoms with Gasteiger partial charge in [0.1, 0.15) is 12.3 Å². The number of allylic oxidation sites excluding steroid dienone is 1. The molecular formula is C10H8N2O4. The molecule has 6 heteroatoms. The molecule has 2 heterocycles. The van der Waals surface area contributed by atoms with Crippen molar-refractivity contribution in [1.82, 2.24) is 4.98 Å². The Labute approximate surface area is 90.7 Å². The van der Waals surface area contributed by atoms with Crippen LogP contribution in [-0.4, -0.2) is 15.7 Å². The number of carbonyl (C=O) groups is 1. The first-order chi connectivity index (χ1) is 7.68. The van der Waals surface area contributed by atoms with Crippen LogP contribution in [0.2, 0.25) is 0 Å². The fourth-order valence-corrected chi connectivity index (χ4v) is 1.51. The molecule has 1 aliphatic rings. The summed E-state index contributed by atoms with van der Waals surface area (Å²) in [6, 6.07) is 1.50. The topological polar surface area (TPSA) is 82.3 Å². The molecule has 1 aromatic rings. The third-order valence-corrected chi connectivity index (χ3v) is 2.26. The number of hydrogen-bond donors (Lipinski definition) is 0. The third-order valence-electron chi connectivity index (χ3n) is 2.26. The highest BCUT2D eigenvalue weighted by atomic mass is 16.6. The lowest BCUT2D eigenvalue weighted by atomic mass is 10.0. The molecule has 0 fully saturated rings. The van der Waals surface area contributed by atoms with Crippen LogP contribution >= 0.6 is 0 Å². The van der Waals surface area contributed by atoms with Crippen molar-refractivity contribution in [1.29, 1.82) is 0 Å². The molecule has 0 saturated carbocycles. The molecule has 16 heavy (non-hydrogen) atoms. The maximum absolute atomic E-state index is 11.2. The molecule has 2 rings (SSSR count). The van der Waals surface area contributed by atoms with Crippen molar-refractivity contribution in [2.75, 3.05) is 0 Å². The van der Waals surface area contributed by atoms with Gasteiger partial charge in [0.05, 0.1) is 23.2 Å². The Kier molecular flexibility index (Phi) is 2.63. The van der Waals surface area contributed by atoms with Crippen molar-refractivity contribution in [2.45, 2.75) is 12.5 Å². The molecule has 6 nitrogen and oxygen atoms in total. The molecule has 0 amide bonds. The van der Waals surface area contributed by atoms with Crippen molar-refractivity contribution in [3.63, 3.8) is 0 Å². The molecule has 0 radical (unpaired) electrons. The number of ether oxygens (including phenoxy) is 1. The molecule has 0 aromatic carbocycles. The molecule has 1 unspecified atom stereocenters. The van der Waals surface area contributed by atoms with Crippen LogP contribution in [-0.2, 0) is 9.53 Å². The molecule has 82 valence electrons. The lowest BCUT2D eigenvalue weighted by Crippen LogP contribution is -2.12. The van der Waals surface area contributed by atoms with E-state index in [-0.39, 0.29) is 17.9 Å². The van der Waals surface area contributed by atoms with E-state index < -0.39 is 11.0 Å². The SMILES string of the molecule is O=C1C=COC(c2ccncc2[N+](=O)[O-])C1. The van der Waals surface area contributed by atoms with Gasteiger partial charge in [-0.1, -0.05) is 0 Å². The number of ketones is 1. The lowest BCUT2D eigenvalue weighted by Gasteiger charge is -2.18. The first kappa shape index (κ1) is 10.3. The van der Waals surface area contributed by atoms with Gasteiger partial charge in [0.15, 0.2) is 5.78 Å². The Balaban J connectivity index is 2.36. The van der Waals surface area contributed by atoms with E-state index in [9.17, 15) is 14.9 Å². The summed E-state index contributed by atoms with van der Waals surface area (Å²) in [5, 5.41) is 10.8. The number of pyridine rings is 1. The highest BCUT2D eigenvalue weighted by Gasteiger charge is 2.26. The van der Waals surface area contributed by atoms with E-state index in [4.69, 9.17) is 4.74 Å². The molecule has 1 aromatic heterocycles. The van der Waals surface area contributed by atoms with Gasteiger partial charge >= 0.3 is 0 Å². The van der Waals surface area contributed by atoms with Crippen LogP contribution in [0.15, 0.2) is 30.8 Å². The second kappa shape index (κ2) is 4.09. The maximum atomic E-state index is 11.2. The second-order valence-electron chi connectivity index (χ2n) is 3.29. The molecule has 0 bridgehead atoms. The third kappa shape index (κ3) is 1.90. The van der Waals surface area contributed by atoms with Gasteiger partial charge in [0, 0.05) is 12.3 Å². The first-order valence-electron chi connectivity index (χ1n) is 4.61. The number of nitro groups is 1. The van der Waals surface area contributed by atoms with Crippen molar-refractivity contribution in [2.24, 2.45) is 0 Å². The van der Waals surface area contributed by atoms with E-state index >= 15 is 0 Å². The molecule has 0 N–H and O–H groups in total. The first-order valence-corrected chi connectivity index (χ1v) is 4.61. The largest absolute Gasteiger partial charge is 0.492 e. The Morgan fingerprint density at radius 3 is 3.06 bits per heavy atom. The van der Waals surface area contributed by atoms with Crippen LogP contribution in [0.4, 0.5) is 5.69 Å². The van der Waals surface area contributed by atoms with Crippen LogP contribution in [0.1, 0.15) is 18.1 Å². The fraction of sp³-hybridized carbons (Fsp3) is 0.200. The average molecular weight is 220 g/mol. The summed E-state index contributed by atoms with van der Waals surface area (Å²) in [6.07, 6.45) is 4.68. The summed E-state index contributed by atoms with van der Waals surface area (Å²) in [4.78, 5) is 25.1. The van der Waals surface area contributed by atoms with Gasteiger partial charge in [-0.15, -0.1) is 0 Å². The minimum atomic E-state index is -0.596. The van der Waals surface area contributed by atoms with Gasteiger partial charge in [-0.25, -0.2) is 0 Å². The van der Waals surface area contributed by atoms with Crippen molar-refractivity contribution < 1.29 is 14.5 Å². The predicted octanol–water partition coefficient (Wildman–Crippen LogP) is 1.53. The number of carbonyl (C=O) groups excluding carboxylic acids is 1. The summed E-state index contributed by atoms with van der Waals surface area (Å²) in [6.45, 7) is 0. The highest BCUT2D eigenvalue weighted by Crippen LogP contribution is 2.31. The number of aromatic nitrogens is 1. The standard InChI is InChI=1S/C10H8N2O4/c13-7-2-4-16-10(5-7)8-1-3-11-6-9(8)12(14)15/h1-4,6,10H,5H2. The van der Waals surface area contributed by atoms with Crippen LogP contribution in [0.3, 0.4) is 0 Å². The molecule has 0 aliphatic carbocycles. The van der Waals surface area contributed by atoms with E-state index in [1.807, 2.05) is 0 Å². The highest BCUT2D eigenvalue weighted by molar-refractivity contribution is 5.90. The quantitative estimate of drug-likeness (QED) is 0.557. The van der Waals surface area contributed by atoms with Crippen molar-refractivity contribution in [3.05, 3.63) is 46.5 Å². The summed E-state index contributed by atoms with van der Waals surface area (Å²) < 4.78 is 5.19. The Morgan fingerprint density at radius 2 is 2.38 bits per heavy atom. The number of rotatable bonds is 2. The van der Waals surface area contributed by atoms with Crippen LogP contribution in [0, 0.1) is 10.1 Å². The summed E-state index contributed by atoms with van der Waals surface area (Å²) >= 11 is 0. The fourth-order valence-electron chi connectivity index (χ4n) is 1.51. The van der Waals surface area contributed by atoms with Crippen molar-refractivity contribution in [3.8, 4) is 0 Å². The molecule has 1 atom stereocenters. The van der Waals surface area contributed by atoms with Gasteiger partial charge in [-0.3, -0.25) is 19.9 Å². The van der Waals surface area contributed by atoms with Gasteiger partial charge in [-0.05, 0) is 6.07 Å². The van der Waals surface area contributed by atoms with E-state index in [1.165, 1.54) is 24.6 Å². The van der Waals surface area contributed by atoms with Gasteiger partial charge in [0.2, 0.25) is 0 Å². The predicted molar refractivity (Wildman–Crippen MR) is 53.5 cm³/mol. The summed E-state index contributed by atoms with van der Waals surface area (Å²) in [5.41, 5.74) is 0.244. The maximum Gasteiger partial charge on any atom is 0.294 e. The monoisotopic (exact) mass is 220 g/mol. The molecule has 0 spiro atoms. The Bertz CT molecular complexity index is 470. The summed E-state index contributed by atoms with van der Waals surface area (Å²) in [7, 11) is 0. The Morgan fingerprint density at radius 1 is 1.56 bits per heavy atom. The van der Waals surface area contributed by atoms with Crippen LogP contribution in [0.25, 0.3) is 0 Å². The number of hydrogen-bond acceptors (Lipinski definition) is 5. The van der Waals surface area contributed by atoms with Gasteiger partial charge < -0.3 is 4.74 Å². The van der Waals surface area contributed by atoms with Crippen molar-refractivity contribution >= 4 is 11.5 Å². The van der Waals surface area contributed by atoms with E-state index in [2.05, 4.69) is 4.98 Å². The molecule has 0 saturated heterocycles. The second-order valence-corrected chi connectivity index (χ2v) is 3.29. The average Bonchev–Trinajstić information content (AvgIpc) is 2.29. The zero-order chi connectivity index (χ0) is 11.5.